The van der Waals surface area contributed by atoms with Crippen LogP contribution in [0.5, 0.6) is 0 Å². The summed E-state index contributed by atoms with van der Waals surface area (Å²) in [7, 11) is 0. The molecule has 2 atom stereocenters. The van der Waals surface area contributed by atoms with Crippen LogP contribution < -0.4 is 5.73 Å². The van der Waals surface area contributed by atoms with E-state index >= 15 is 0 Å². The molecule has 2 saturated heterocycles. The van der Waals surface area contributed by atoms with E-state index in [4.69, 9.17) is 15.2 Å². The number of rotatable bonds is 5. The number of nitrogens with zero attached hydrogens (tertiary/aromatic N) is 1. The molecule has 0 spiro atoms. The predicted octanol–water partition coefficient (Wildman–Crippen LogP) is 0.944. The summed E-state index contributed by atoms with van der Waals surface area (Å²) in [6.07, 6.45) is 4.94. The van der Waals surface area contributed by atoms with Crippen molar-refractivity contribution in [3.8, 4) is 0 Å². The summed E-state index contributed by atoms with van der Waals surface area (Å²) in [6.45, 7) is 3.50. The number of carbonyl (C=O) groups is 1. The fourth-order valence-electron chi connectivity index (χ4n) is 2.54. The van der Waals surface area contributed by atoms with Gasteiger partial charge in [0.05, 0.1) is 25.7 Å². The van der Waals surface area contributed by atoms with Gasteiger partial charge in [0.25, 0.3) is 0 Å². The molecular formula is C13H25ClN2O3. The molecule has 0 aromatic heterocycles. The largest absolute Gasteiger partial charge is 0.378 e. The van der Waals surface area contributed by atoms with E-state index < -0.39 is 0 Å². The molecule has 0 radical (unpaired) electrons. The molecule has 2 heterocycles. The van der Waals surface area contributed by atoms with Gasteiger partial charge in [-0.3, -0.25) is 4.79 Å². The highest BCUT2D eigenvalue weighted by atomic mass is 35.5. The number of hydrogen-bond acceptors (Lipinski definition) is 4. The van der Waals surface area contributed by atoms with Crippen LogP contribution in [0, 0.1) is 0 Å². The van der Waals surface area contributed by atoms with Crippen LogP contribution in [0.3, 0.4) is 0 Å². The SMILES string of the molecule is Cl.NC1CCCN(C(=O)CCOCC2CCCO2)C1. The standard InChI is InChI=1S/C13H24N2O3.ClH/c14-11-3-1-6-15(9-11)13(16)5-8-17-10-12-4-2-7-18-12;/h11-12H,1-10,14H2;1H. The summed E-state index contributed by atoms with van der Waals surface area (Å²) < 4.78 is 11.0. The maximum Gasteiger partial charge on any atom is 0.224 e. The highest BCUT2D eigenvalue weighted by molar-refractivity contribution is 5.85. The van der Waals surface area contributed by atoms with Crippen LogP contribution in [0.25, 0.3) is 0 Å². The Labute approximate surface area is 121 Å². The zero-order valence-electron chi connectivity index (χ0n) is 11.4. The summed E-state index contributed by atoms with van der Waals surface area (Å²) in [4.78, 5) is 13.8. The molecule has 0 aliphatic carbocycles. The molecule has 19 heavy (non-hydrogen) atoms. The highest BCUT2D eigenvalue weighted by Gasteiger charge is 2.21. The maximum absolute atomic E-state index is 11.9. The first-order valence-corrected chi connectivity index (χ1v) is 6.98. The minimum absolute atomic E-state index is 0. The lowest BCUT2D eigenvalue weighted by Gasteiger charge is -2.30. The van der Waals surface area contributed by atoms with E-state index in [2.05, 4.69) is 0 Å². The number of nitrogens with two attached hydrogens (primary N) is 1. The van der Waals surface area contributed by atoms with E-state index in [1.807, 2.05) is 4.90 Å². The van der Waals surface area contributed by atoms with Crippen molar-refractivity contribution < 1.29 is 14.3 Å². The van der Waals surface area contributed by atoms with Crippen molar-refractivity contribution in [2.45, 2.75) is 44.2 Å². The first-order chi connectivity index (χ1) is 8.75. The van der Waals surface area contributed by atoms with E-state index in [0.29, 0.717) is 26.2 Å². The van der Waals surface area contributed by atoms with Gasteiger partial charge in [0, 0.05) is 25.7 Å². The summed E-state index contributed by atoms with van der Waals surface area (Å²) >= 11 is 0. The molecular weight excluding hydrogens is 268 g/mol. The molecule has 0 saturated carbocycles. The summed E-state index contributed by atoms with van der Waals surface area (Å²) in [5.41, 5.74) is 5.86. The molecule has 2 aliphatic heterocycles. The maximum atomic E-state index is 11.9. The molecule has 5 nitrogen and oxygen atoms in total. The summed E-state index contributed by atoms with van der Waals surface area (Å²) in [5.74, 6) is 0.164. The molecule has 0 aromatic carbocycles. The number of hydrogen-bond donors (Lipinski definition) is 1. The van der Waals surface area contributed by atoms with Gasteiger partial charge in [0.15, 0.2) is 0 Å². The minimum Gasteiger partial charge on any atom is -0.378 e. The third kappa shape index (κ3) is 5.65. The van der Waals surface area contributed by atoms with Crippen molar-refractivity contribution in [2.24, 2.45) is 5.73 Å². The zero-order valence-corrected chi connectivity index (χ0v) is 12.2. The normalized spacial score (nSPS) is 27.1. The fourth-order valence-corrected chi connectivity index (χ4v) is 2.54. The second kappa shape index (κ2) is 8.74. The first-order valence-electron chi connectivity index (χ1n) is 6.98. The highest BCUT2D eigenvalue weighted by Crippen LogP contribution is 2.12. The molecule has 1 amide bonds. The Kier molecular flexibility index (Phi) is 7.68. The lowest BCUT2D eigenvalue weighted by atomic mass is 10.1. The lowest BCUT2D eigenvalue weighted by Crippen LogP contribution is -2.45. The third-order valence-corrected chi connectivity index (χ3v) is 3.60. The Hall–Kier alpha value is -0.360. The van der Waals surface area contributed by atoms with Crippen LogP contribution in [0.4, 0.5) is 0 Å². The second-order valence-electron chi connectivity index (χ2n) is 5.20. The quantitative estimate of drug-likeness (QED) is 0.766. The summed E-state index contributed by atoms with van der Waals surface area (Å²) in [5, 5.41) is 0. The molecule has 2 unspecified atom stereocenters. The van der Waals surface area contributed by atoms with Crippen molar-refractivity contribution in [1.82, 2.24) is 4.90 Å². The van der Waals surface area contributed by atoms with Gasteiger partial charge in [-0.1, -0.05) is 0 Å². The molecule has 2 fully saturated rings. The van der Waals surface area contributed by atoms with Gasteiger partial charge >= 0.3 is 0 Å². The van der Waals surface area contributed by atoms with Crippen LogP contribution >= 0.6 is 12.4 Å². The minimum atomic E-state index is 0. The average molecular weight is 293 g/mol. The fraction of sp³-hybridized carbons (Fsp3) is 0.923. The van der Waals surface area contributed by atoms with Crippen LogP contribution in [-0.2, 0) is 14.3 Å². The van der Waals surface area contributed by atoms with E-state index in [9.17, 15) is 4.79 Å². The summed E-state index contributed by atoms with van der Waals surface area (Å²) in [6, 6.07) is 0.149. The monoisotopic (exact) mass is 292 g/mol. The first kappa shape index (κ1) is 16.7. The Morgan fingerprint density at radius 2 is 2.21 bits per heavy atom. The molecule has 2 rings (SSSR count). The second-order valence-corrected chi connectivity index (χ2v) is 5.20. The number of carbonyl (C=O) groups excluding carboxylic acids is 1. The van der Waals surface area contributed by atoms with Gasteiger partial charge < -0.3 is 20.1 Å². The van der Waals surface area contributed by atoms with Crippen molar-refractivity contribution in [3.63, 3.8) is 0 Å². The van der Waals surface area contributed by atoms with E-state index in [0.717, 1.165) is 38.8 Å². The van der Waals surface area contributed by atoms with Gasteiger partial charge in [-0.05, 0) is 25.7 Å². The smallest absolute Gasteiger partial charge is 0.224 e. The van der Waals surface area contributed by atoms with Crippen LogP contribution in [0.2, 0.25) is 0 Å². The van der Waals surface area contributed by atoms with E-state index in [1.165, 1.54) is 0 Å². The number of amides is 1. The average Bonchev–Trinajstić information content (AvgIpc) is 2.87. The predicted molar refractivity (Wildman–Crippen MR) is 75.4 cm³/mol. The van der Waals surface area contributed by atoms with E-state index in [-0.39, 0.29) is 30.5 Å². The lowest BCUT2D eigenvalue weighted by molar-refractivity contribution is -0.133. The number of ether oxygens (including phenoxy) is 2. The van der Waals surface area contributed by atoms with Gasteiger partial charge in [-0.15, -0.1) is 12.4 Å². The van der Waals surface area contributed by atoms with Gasteiger partial charge in [0.2, 0.25) is 5.91 Å². The van der Waals surface area contributed by atoms with Gasteiger partial charge in [-0.2, -0.15) is 0 Å². The zero-order chi connectivity index (χ0) is 12.8. The molecule has 2 N–H and O–H groups in total. The van der Waals surface area contributed by atoms with Crippen molar-refractivity contribution in [2.75, 3.05) is 32.9 Å². The van der Waals surface area contributed by atoms with Crippen molar-refractivity contribution >= 4 is 18.3 Å². The Morgan fingerprint density at radius 1 is 1.37 bits per heavy atom. The number of halogens is 1. The van der Waals surface area contributed by atoms with Gasteiger partial charge in [0.1, 0.15) is 0 Å². The topological polar surface area (TPSA) is 64.8 Å². The van der Waals surface area contributed by atoms with Gasteiger partial charge in [-0.25, -0.2) is 0 Å². The Balaban J connectivity index is 0.00000180. The van der Waals surface area contributed by atoms with Crippen molar-refractivity contribution in [3.05, 3.63) is 0 Å². The van der Waals surface area contributed by atoms with Crippen LogP contribution in [0.15, 0.2) is 0 Å². The van der Waals surface area contributed by atoms with Crippen LogP contribution in [-0.4, -0.2) is 55.9 Å². The molecule has 6 heteroatoms. The van der Waals surface area contributed by atoms with E-state index in [1.54, 1.807) is 0 Å². The third-order valence-electron chi connectivity index (χ3n) is 3.60. The molecule has 0 bridgehead atoms. The molecule has 0 aromatic rings. The number of piperidine rings is 1. The Morgan fingerprint density at radius 3 is 2.89 bits per heavy atom. The van der Waals surface area contributed by atoms with Crippen molar-refractivity contribution in [1.29, 1.82) is 0 Å². The molecule has 2 aliphatic rings. The molecule has 112 valence electrons. The number of likely N-dealkylation sites (tertiary alicyclic amines) is 1. The van der Waals surface area contributed by atoms with Crippen LogP contribution in [0.1, 0.15) is 32.1 Å². The Bertz CT molecular complexity index is 273.